The fourth-order valence-corrected chi connectivity index (χ4v) is 6.20. The highest BCUT2D eigenvalue weighted by molar-refractivity contribution is 7.98. The van der Waals surface area contributed by atoms with Gasteiger partial charge in [-0.1, -0.05) is 35.5 Å². The topological polar surface area (TPSA) is 53.4 Å². The first-order chi connectivity index (χ1) is 15.8. The quantitative estimate of drug-likeness (QED) is 0.240. The van der Waals surface area contributed by atoms with Crippen LogP contribution in [0, 0.1) is 0 Å². The van der Waals surface area contributed by atoms with Crippen LogP contribution < -0.4 is 10.3 Å². The number of methoxy groups -OCH3 is 1. The van der Waals surface area contributed by atoms with E-state index in [0.717, 1.165) is 32.3 Å². The highest BCUT2D eigenvalue weighted by atomic mass is 35.5. The molecule has 1 aliphatic rings. The zero-order valence-electron chi connectivity index (χ0n) is 18.6. The summed E-state index contributed by atoms with van der Waals surface area (Å²) in [7, 11) is 1.63. The molecule has 2 aromatic heterocycles. The van der Waals surface area contributed by atoms with Crippen molar-refractivity contribution in [3.63, 3.8) is 0 Å². The molecule has 0 aliphatic carbocycles. The van der Waals surface area contributed by atoms with Crippen molar-refractivity contribution in [1.29, 1.82) is 0 Å². The van der Waals surface area contributed by atoms with Crippen molar-refractivity contribution in [3.05, 3.63) is 79.9 Å². The molecule has 0 radical (unpaired) electrons. The van der Waals surface area contributed by atoms with Gasteiger partial charge in [-0.15, -0.1) is 11.3 Å². The molecular weight excluding hydrogens is 476 g/mol. The van der Waals surface area contributed by atoms with Crippen molar-refractivity contribution in [1.82, 2.24) is 9.55 Å². The summed E-state index contributed by atoms with van der Waals surface area (Å²) < 4.78 is 13.0. The van der Waals surface area contributed by atoms with E-state index >= 15 is 0 Å². The number of rotatable bonds is 5. The Morgan fingerprint density at radius 1 is 1.18 bits per heavy atom. The van der Waals surface area contributed by atoms with E-state index in [2.05, 4.69) is 13.8 Å². The van der Waals surface area contributed by atoms with Crippen molar-refractivity contribution < 1.29 is 9.47 Å². The van der Waals surface area contributed by atoms with Crippen LogP contribution in [0.4, 0.5) is 0 Å². The van der Waals surface area contributed by atoms with Crippen LogP contribution in [0.2, 0.25) is 5.02 Å². The van der Waals surface area contributed by atoms with Crippen molar-refractivity contribution in [2.24, 2.45) is 0 Å². The number of thiophene rings is 1. The lowest BCUT2D eigenvalue weighted by molar-refractivity contribution is -0.0379. The Balaban J connectivity index is 1.65. The third kappa shape index (κ3) is 4.43. The number of hydrogen-bond acceptors (Lipinski definition) is 6. The molecule has 0 amide bonds. The summed E-state index contributed by atoms with van der Waals surface area (Å²) in [6.07, 6.45) is 0.694. The number of aromatic nitrogens is 2. The molecule has 0 saturated heterocycles. The SMILES string of the molecule is COc1ccc(-n2c(SCc3ccc(Cl)cc3)nc3sc4c(c3c2=O)CC(C)(C)OC4)cc1. The average molecular weight is 499 g/mol. The molecule has 0 saturated carbocycles. The zero-order valence-corrected chi connectivity index (χ0v) is 20.9. The number of halogens is 1. The van der Waals surface area contributed by atoms with E-state index in [4.69, 9.17) is 26.1 Å². The summed E-state index contributed by atoms with van der Waals surface area (Å²) in [6, 6.07) is 15.2. The van der Waals surface area contributed by atoms with E-state index in [-0.39, 0.29) is 11.2 Å². The molecule has 8 heteroatoms. The summed E-state index contributed by atoms with van der Waals surface area (Å²) in [5, 5.41) is 2.07. The molecule has 33 heavy (non-hydrogen) atoms. The summed E-state index contributed by atoms with van der Waals surface area (Å²) in [4.78, 5) is 20.8. The molecule has 0 unspecified atom stereocenters. The Bertz CT molecular complexity index is 1380. The van der Waals surface area contributed by atoms with Gasteiger partial charge >= 0.3 is 0 Å². The fourth-order valence-electron chi connectivity index (χ4n) is 3.96. The van der Waals surface area contributed by atoms with Gasteiger partial charge in [-0.05, 0) is 61.4 Å². The maximum Gasteiger partial charge on any atom is 0.267 e. The second-order valence-electron chi connectivity index (χ2n) is 8.56. The smallest absolute Gasteiger partial charge is 0.267 e. The van der Waals surface area contributed by atoms with Gasteiger partial charge in [-0.25, -0.2) is 4.98 Å². The van der Waals surface area contributed by atoms with Crippen LogP contribution in [-0.2, 0) is 23.5 Å². The predicted octanol–water partition coefficient (Wildman–Crippen LogP) is 6.25. The first-order valence-corrected chi connectivity index (χ1v) is 12.8. The molecule has 170 valence electrons. The number of fused-ring (bicyclic) bond motifs is 3. The normalized spacial score (nSPS) is 14.9. The van der Waals surface area contributed by atoms with Gasteiger partial charge < -0.3 is 9.47 Å². The minimum absolute atomic E-state index is 0.0426. The van der Waals surface area contributed by atoms with Crippen LogP contribution in [0.1, 0.15) is 29.9 Å². The third-order valence-electron chi connectivity index (χ3n) is 5.69. The highest BCUT2D eigenvalue weighted by Gasteiger charge is 2.31. The molecule has 0 bridgehead atoms. The van der Waals surface area contributed by atoms with Crippen LogP contribution >= 0.6 is 34.7 Å². The van der Waals surface area contributed by atoms with Crippen LogP contribution in [-0.4, -0.2) is 22.3 Å². The lowest BCUT2D eigenvalue weighted by Gasteiger charge is -2.29. The van der Waals surface area contributed by atoms with Crippen LogP contribution in [0.3, 0.4) is 0 Å². The molecule has 4 aromatic rings. The average Bonchev–Trinajstić information content (AvgIpc) is 3.15. The summed E-state index contributed by atoms with van der Waals surface area (Å²) in [5.74, 6) is 1.41. The summed E-state index contributed by atoms with van der Waals surface area (Å²) in [6.45, 7) is 4.63. The molecule has 3 heterocycles. The Labute approximate surface area is 205 Å². The molecule has 5 nitrogen and oxygen atoms in total. The minimum Gasteiger partial charge on any atom is -0.497 e. The van der Waals surface area contributed by atoms with E-state index in [1.807, 2.05) is 48.5 Å². The number of nitrogens with zero attached hydrogens (tertiary/aromatic N) is 2. The van der Waals surface area contributed by atoms with Gasteiger partial charge in [0, 0.05) is 22.1 Å². The van der Waals surface area contributed by atoms with Crippen molar-refractivity contribution in [2.45, 2.75) is 43.4 Å². The standard InChI is InChI=1S/C25H23ClN2O3S2/c1-25(2)12-19-20(13-31-25)33-22-21(19)23(29)28(17-8-10-18(30-3)11-9-17)24(27-22)32-14-15-4-6-16(26)7-5-15/h4-11H,12-14H2,1-3H3. The molecular formula is C25H23ClN2O3S2. The number of thioether (sulfide) groups is 1. The maximum absolute atomic E-state index is 13.9. The fraction of sp³-hybridized carbons (Fsp3) is 0.280. The van der Waals surface area contributed by atoms with Crippen molar-refractivity contribution in [2.75, 3.05) is 7.11 Å². The third-order valence-corrected chi connectivity index (χ3v) is 8.05. The molecule has 5 rings (SSSR count). The predicted molar refractivity (Wildman–Crippen MR) is 135 cm³/mol. The molecule has 1 aliphatic heterocycles. The van der Waals surface area contributed by atoms with Crippen molar-refractivity contribution in [3.8, 4) is 11.4 Å². The summed E-state index contributed by atoms with van der Waals surface area (Å²) in [5.41, 5.74) is 2.60. The Morgan fingerprint density at radius 2 is 1.91 bits per heavy atom. The second kappa shape index (κ2) is 8.80. The lowest BCUT2D eigenvalue weighted by atomic mass is 9.94. The van der Waals surface area contributed by atoms with Crippen molar-refractivity contribution >= 4 is 44.9 Å². The number of hydrogen-bond donors (Lipinski definition) is 0. The Morgan fingerprint density at radius 3 is 2.61 bits per heavy atom. The van der Waals surface area contributed by atoms with Gasteiger partial charge in [-0.3, -0.25) is 9.36 Å². The molecule has 0 fully saturated rings. The largest absolute Gasteiger partial charge is 0.497 e. The molecule has 0 spiro atoms. The van der Waals surface area contributed by atoms with Gasteiger partial charge in [0.15, 0.2) is 5.16 Å². The van der Waals surface area contributed by atoms with Gasteiger partial charge in [0.25, 0.3) is 5.56 Å². The second-order valence-corrected chi connectivity index (χ2v) is 11.0. The van der Waals surface area contributed by atoms with Crippen LogP contribution in [0.5, 0.6) is 5.75 Å². The van der Waals surface area contributed by atoms with Gasteiger partial charge in [0.05, 0.1) is 30.4 Å². The molecule has 2 aromatic carbocycles. The Hall–Kier alpha value is -2.32. The summed E-state index contributed by atoms with van der Waals surface area (Å²) >= 11 is 9.13. The zero-order chi connectivity index (χ0) is 23.2. The lowest BCUT2D eigenvalue weighted by Crippen LogP contribution is -2.32. The minimum atomic E-state index is -0.305. The molecule has 0 N–H and O–H groups in total. The number of benzene rings is 2. The van der Waals surface area contributed by atoms with Gasteiger partial charge in [-0.2, -0.15) is 0 Å². The number of ether oxygens (including phenoxy) is 2. The Kier molecular flexibility index (Phi) is 5.99. The molecule has 0 atom stereocenters. The van der Waals surface area contributed by atoms with E-state index in [0.29, 0.717) is 34.3 Å². The van der Waals surface area contributed by atoms with E-state index in [1.165, 1.54) is 11.8 Å². The van der Waals surface area contributed by atoms with Gasteiger partial charge in [0.2, 0.25) is 0 Å². The van der Waals surface area contributed by atoms with E-state index in [1.54, 1.807) is 23.0 Å². The monoisotopic (exact) mass is 498 g/mol. The van der Waals surface area contributed by atoms with E-state index < -0.39 is 0 Å². The first-order valence-electron chi connectivity index (χ1n) is 10.6. The maximum atomic E-state index is 13.9. The van der Waals surface area contributed by atoms with E-state index in [9.17, 15) is 4.79 Å². The van der Waals surface area contributed by atoms with Gasteiger partial charge in [0.1, 0.15) is 10.6 Å². The first kappa shape index (κ1) is 22.5. The van der Waals surface area contributed by atoms with Crippen LogP contribution in [0.15, 0.2) is 58.5 Å². The highest BCUT2D eigenvalue weighted by Crippen LogP contribution is 2.38. The van der Waals surface area contributed by atoms with Crippen LogP contribution in [0.25, 0.3) is 15.9 Å².